The van der Waals surface area contributed by atoms with Gasteiger partial charge in [0.25, 0.3) is 0 Å². The molecular weight excluding hydrogens is 336 g/mol. The summed E-state index contributed by atoms with van der Waals surface area (Å²) >= 11 is 1.84. The molecule has 3 heterocycles. The van der Waals surface area contributed by atoms with Gasteiger partial charge in [-0.2, -0.15) is 4.98 Å². The lowest BCUT2D eigenvalue weighted by Gasteiger charge is -2.39. The Labute approximate surface area is 152 Å². The molecule has 0 aliphatic carbocycles. The molecule has 2 N–H and O–H groups in total. The van der Waals surface area contributed by atoms with Crippen LogP contribution in [0.1, 0.15) is 35.5 Å². The molecule has 25 heavy (non-hydrogen) atoms. The van der Waals surface area contributed by atoms with Crippen molar-refractivity contribution in [3.05, 3.63) is 34.1 Å². The number of rotatable bonds is 5. The number of likely N-dealkylation sites (tertiary alicyclic amines) is 1. The van der Waals surface area contributed by atoms with Crippen molar-refractivity contribution in [3.8, 4) is 0 Å². The quantitative estimate of drug-likeness (QED) is 0.627. The highest BCUT2D eigenvalue weighted by atomic mass is 32.1. The number of hydrogen-bond acceptors (Lipinski definition) is 6. The molecule has 1 aliphatic heterocycles. The van der Waals surface area contributed by atoms with E-state index in [1.807, 2.05) is 11.3 Å². The molecule has 2 aromatic rings. The number of aryl methyl sites for hydroxylation is 1. The van der Waals surface area contributed by atoms with Crippen LogP contribution < -0.4 is 10.6 Å². The maximum Gasteiger partial charge on any atom is 0.223 e. The van der Waals surface area contributed by atoms with E-state index in [0.29, 0.717) is 30.2 Å². The first-order valence-electron chi connectivity index (χ1n) is 8.64. The van der Waals surface area contributed by atoms with Crippen LogP contribution in [0.5, 0.6) is 0 Å². The Bertz CT molecular complexity index is 683. The van der Waals surface area contributed by atoms with Crippen molar-refractivity contribution in [2.45, 2.75) is 32.4 Å². The van der Waals surface area contributed by atoms with Gasteiger partial charge >= 0.3 is 0 Å². The highest BCUT2D eigenvalue weighted by Crippen LogP contribution is 2.36. The van der Waals surface area contributed by atoms with Gasteiger partial charge in [-0.25, -0.2) is 0 Å². The predicted octanol–water partition coefficient (Wildman–Crippen LogP) is 2.19. The van der Waals surface area contributed by atoms with Gasteiger partial charge in [0.05, 0.1) is 6.54 Å². The number of guanidine groups is 1. The van der Waals surface area contributed by atoms with Crippen molar-refractivity contribution in [2.75, 3.05) is 27.2 Å². The standard InChI is InChI=1S/C17H26N6OS/c1-12-21-15(22-24-12)11-20-17(18-2)19-10-13-6-4-8-23(3)16(13)14-7-5-9-25-14/h5,7,9,13,16H,4,6,8,10-11H2,1-3H3,(H2,18,19,20). The van der Waals surface area contributed by atoms with Gasteiger partial charge < -0.3 is 15.2 Å². The van der Waals surface area contributed by atoms with Crippen LogP contribution in [0.2, 0.25) is 0 Å². The fourth-order valence-electron chi connectivity index (χ4n) is 3.41. The summed E-state index contributed by atoms with van der Waals surface area (Å²) in [6.45, 7) is 4.32. The molecule has 0 bridgehead atoms. The van der Waals surface area contributed by atoms with Gasteiger partial charge in [0.1, 0.15) is 0 Å². The van der Waals surface area contributed by atoms with E-state index >= 15 is 0 Å². The topological polar surface area (TPSA) is 78.6 Å². The minimum absolute atomic E-state index is 0.471. The molecule has 2 atom stereocenters. The normalized spacial score (nSPS) is 22.1. The van der Waals surface area contributed by atoms with Gasteiger partial charge in [-0.1, -0.05) is 11.2 Å². The van der Waals surface area contributed by atoms with Gasteiger partial charge in [-0.05, 0) is 43.8 Å². The van der Waals surface area contributed by atoms with Crippen molar-refractivity contribution >= 4 is 17.3 Å². The van der Waals surface area contributed by atoms with E-state index in [0.717, 1.165) is 19.0 Å². The van der Waals surface area contributed by atoms with Crippen LogP contribution in [0.25, 0.3) is 0 Å². The van der Waals surface area contributed by atoms with Crippen LogP contribution >= 0.6 is 11.3 Å². The number of aromatic nitrogens is 2. The Morgan fingerprint density at radius 2 is 2.36 bits per heavy atom. The second-order valence-electron chi connectivity index (χ2n) is 6.38. The molecule has 7 nitrogen and oxygen atoms in total. The Balaban J connectivity index is 1.56. The van der Waals surface area contributed by atoms with Crippen LogP contribution in [-0.4, -0.2) is 48.2 Å². The minimum atomic E-state index is 0.471. The Hall–Kier alpha value is -1.93. The lowest BCUT2D eigenvalue weighted by molar-refractivity contribution is 0.125. The summed E-state index contributed by atoms with van der Waals surface area (Å²) in [5, 5.41) is 12.8. The fourth-order valence-corrected chi connectivity index (χ4v) is 4.39. The first-order valence-corrected chi connectivity index (χ1v) is 9.52. The SMILES string of the molecule is CN=C(NCc1noc(C)n1)NCC1CCCN(C)C1c1cccs1. The smallest absolute Gasteiger partial charge is 0.223 e. The van der Waals surface area contributed by atoms with Gasteiger partial charge in [-0.15, -0.1) is 11.3 Å². The molecule has 0 spiro atoms. The number of hydrogen-bond donors (Lipinski definition) is 2. The zero-order valence-corrected chi connectivity index (χ0v) is 15.8. The summed E-state index contributed by atoms with van der Waals surface area (Å²) in [5.74, 6) is 2.53. The minimum Gasteiger partial charge on any atom is -0.356 e. The molecule has 0 amide bonds. The molecule has 1 aliphatic rings. The van der Waals surface area contributed by atoms with E-state index in [2.05, 4.69) is 55.2 Å². The average Bonchev–Trinajstić information content (AvgIpc) is 3.27. The first kappa shape index (κ1) is 17.9. The highest BCUT2D eigenvalue weighted by molar-refractivity contribution is 7.10. The zero-order chi connectivity index (χ0) is 17.6. The third-order valence-corrected chi connectivity index (χ3v) is 5.52. The highest BCUT2D eigenvalue weighted by Gasteiger charge is 2.31. The number of nitrogens with one attached hydrogen (secondary N) is 2. The second-order valence-corrected chi connectivity index (χ2v) is 7.36. The summed E-state index contributed by atoms with van der Waals surface area (Å²) in [6.07, 6.45) is 2.46. The summed E-state index contributed by atoms with van der Waals surface area (Å²) < 4.78 is 4.99. The summed E-state index contributed by atoms with van der Waals surface area (Å²) in [4.78, 5) is 12.4. The molecule has 1 fully saturated rings. The van der Waals surface area contributed by atoms with Crippen LogP contribution in [0.4, 0.5) is 0 Å². The summed E-state index contributed by atoms with van der Waals surface area (Å²) in [6, 6.07) is 4.86. The molecule has 3 rings (SSSR count). The van der Waals surface area contributed by atoms with Crippen molar-refractivity contribution in [1.29, 1.82) is 0 Å². The van der Waals surface area contributed by atoms with Gasteiger partial charge in [0, 0.05) is 31.4 Å². The molecule has 1 saturated heterocycles. The Morgan fingerprint density at radius 1 is 1.48 bits per heavy atom. The van der Waals surface area contributed by atoms with E-state index in [1.165, 1.54) is 17.7 Å². The first-order chi connectivity index (χ1) is 12.2. The number of piperidine rings is 1. The van der Waals surface area contributed by atoms with E-state index in [4.69, 9.17) is 4.52 Å². The maximum absolute atomic E-state index is 4.99. The van der Waals surface area contributed by atoms with Crippen LogP contribution in [0, 0.1) is 12.8 Å². The molecule has 0 saturated carbocycles. The Morgan fingerprint density at radius 3 is 3.04 bits per heavy atom. The number of nitrogens with zero attached hydrogens (tertiary/aromatic N) is 4. The molecule has 136 valence electrons. The molecule has 8 heteroatoms. The number of thiophene rings is 1. The van der Waals surface area contributed by atoms with Crippen LogP contribution in [0.15, 0.2) is 27.0 Å². The average molecular weight is 363 g/mol. The molecule has 0 aromatic carbocycles. The monoisotopic (exact) mass is 362 g/mol. The van der Waals surface area contributed by atoms with E-state index in [1.54, 1.807) is 14.0 Å². The van der Waals surface area contributed by atoms with Gasteiger partial charge in [-0.3, -0.25) is 9.89 Å². The van der Waals surface area contributed by atoms with Crippen LogP contribution in [-0.2, 0) is 6.54 Å². The van der Waals surface area contributed by atoms with Gasteiger partial charge in [0.2, 0.25) is 5.89 Å². The fraction of sp³-hybridized carbons (Fsp3) is 0.588. The molecular formula is C17H26N6OS. The van der Waals surface area contributed by atoms with Crippen molar-refractivity contribution < 1.29 is 4.52 Å². The molecule has 2 unspecified atom stereocenters. The lowest BCUT2D eigenvalue weighted by Crippen LogP contribution is -2.44. The number of aliphatic imine (C=N–C) groups is 1. The second kappa shape index (κ2) is 8.44. The van der Waals surface area contributed by atoms with Crippen molar-refractivity contribution in [2.24, 2.45) is 10.9 Å². The predicted molar refractivity (Wildman–Crippen MR) is 99.7 cm³/mol. The van der Waals surface area contributed by atoms with E-state index in [-0.39, 0.29) is 0 Å². The van der Waals surface area contributed by atoms with Crippen molar-refractivity contribution in [1.82, 2.24) is 25.7 Å². The third kappa shape index (κ3) is 4.58. The largest absolute Gasteiger partial charge is 0.356 e. The Kier molecular flexibility index (Phi) is 6.04. The van der Waals surface area contributed by atoms with E-state index < -0.39 is 0 Å². The third-order valence-electron chi connectivity index (χ3n) is 4.58. The lowest BCUT2D eigenvalue weighted by atomic mass is 9.88. The van der Waals surface area contributed by atoms with E-state index in [9.17, 15) is 0 Å². The summed E-state index contributed by atoms with van der Waals surface area (Å²) in [7, 11) is 4.00. The molecule has 0 radical (unpaired) electrons. The molecule has 2 aromatic heterocycles. The van der Waals surface area contributed by atoms with Gasteiger partial charge in [0.15, 0.2) is 11.8 Å². The van der Waals surface area contributed by atoms with Crippen LogP contribution in [0.3, 0.4) is 0 Å². The zero-order valence-electron chi connectivity index (χ0n) is 15.0. The maximum atomic E-state index is 4.99. The van der Waals surface area contributed by atoms with Crippen molar-refractivity contribution in [3.63, 3.8) is 0 Å². The summed E-state index contributed by atoms with van der Waals surface area (Å²) in [5.41, 5.74) is 0.